The average Bonchev–Trinajstić information content (AvgIpc) is 2.53. The highest BCUT2D eigenvalue weighted by molar-refractivity contribution is 5.76. The van der Waals surface area contributed by atoms with E-state index in [0.29, 0.717) is 13.0 Å². The maximum absolute atomic E-state index is 11.8. The predicted octanol–water partition coefficient (Wildman–Crippen LogP) is 2.83. The van der Waals surface area contributed by atoms with Crippen LogP contribution in [0.4, 0.5) is 0 Å². The highest BCUT2D eigenvalue weighted by Gasteiger charge is 2.10. The van der Waals surface area contributed by atoms with Crippen molar-refractivity contribution in [2.75, 3.05) is 6.54 Å². The minimum Gasteiger partial charge on any atom is -0.356 e. The lowest BCUT2D eigenvalue weighted by atomic mass is 10.0. The summed E-state index contributed by atoms with van der Waals surface area (Å²) in [6, 6.07) is 19.8. The van der Waals surface area contributed by atoms with Crippen LogP contribution in [0.2, 0.25) is 0 Å². The molecule has 3 heteroatoms. The van der Waals surface area contributed by atoms with Gasteiger partial charge in [-0.25, -0.2) is 0 Å². The number of hydrogen-bond acceptors (Lipinski definition) is 2. The number of aryl methyl sites for hydroxylation is 1. The van der Waals surface area contributed by atoms with Gasteiger partial charge in [-0.15, -0.1) is 0 Å². The van der Waals surface area contributed by atoms with Gasteiger partial charge in [0.25, 0.3) is 0 Å². The molecule has 0 aromatic heterocycles. The van der Waals surface area contributed by atoms with Crippen molar-refractivity contribution in [2.24, 2.45) is 5.73 Å². The molecule has 2 rings (SSSR count). The third-order valence-electron chi connectivity index (χ3n) is 3.44. The van der Waals surface area contributed by atoms with E-state index >= 15 is 0 Å². The van der Waals surface area contributed by atoms with Crippen LogP contribution in [0.5, 0.6) is 0 Å². The molecule has 0 aliphatic carbocycles. The van der Waals surface area contributed by atoms with E-state index in [1.54, 1.807) is 0 Å². The molecule has 1 unspecified atom stereocenters. The van der Waals surface area contributed by atoms with Gasteiger partial charge in [0.05, 0.1) is 0 Å². The summed E-state index contributed by atoms with van der Waals surface area (Å²) in [5.41, 5.74) is 8.33. The Morgan fingerprint density at radius 1 is 1.00 bits per heavy atom. The summed E-state index contributed by atoms with van der Waals surface area (Å²) in [6.07, 6.45) is 2.25. The molecule has 3 N–H and O–H groups in total. The maximum atomic E-state index is 11.8. The summed E-state index contributed by atoms with van der Waals surface area (Å²) in [4.78, 5) is 11.8. The number of amides is 1. The fourth-order valence-corrected chi connectivity index (χ4v) is 2.25. The first-order chi connectivity index (χ1) is 10.3. The molecule has 2 aromatic rings. The average molecular weight is 282 g/mol. The zero-order valence-electron chi connectivity index (χ0n) is 12.2. The highest BCUT2D eigenvalue weighted by Crippen LogP contribution is 2.12. The first-order valence-electron chi connectivity index (χ1n) is 7.37. The number of hydrogen-bond donors (Lipinski definition) is 2. The normalized spacial score (nSPS) is 11.9. The standard InChI is InChI=1S/C18H22N2O/c19-17(16-11-5-2-6-12-16)14-18(21)20-13-7-10-15-8-3-1-4-9-15/h1-6,8-9,11-12,17H,7,10,13-14,19H2,(H,20,21). The van der Waals surface area contributed by atoms with Crippen LogP contribution in [0.1, 0.15) is 30.0 Å². The van der Waals surface area contributed by atoms with Gasteiger partial charge in [-0.3, -0.25) is 4.79 Å². The van der Waals surface area contributed by atoms with Crippen LogP contribution in [0, 0.1) is 0 Å². The lowest BCUT2D eigenvalue weighted by Crippen LogP contribution is -2.28. The minimum atomic E-state index is -0.236. The first-order valence-corrected chi connectivity index (χ1v) is 7.37. The van der Waals surface area contributed by atoms with Gasteiger partial charge in [-0.1, -0.05) is 60.7 Å². The van der Waals surface area contributed by atoms with E-state index in [1.807, 2.05) is 48.5 Å². The van der Waals surface area contributed by atoms with Crippen LogP contribution >= 0.6 is 0 Å². The van der Waals surface area contributed by atoms with Crippen molar-refractivity contribution in [1.29, 1.82) is 0 Å². The summed E-state index contributed by atoms with van der Waals surface area (Å²) in [5.74, 6) is 0.0133. The minimum absolute atomic E-state index is 0.0133. The maximum Gasteiger partial charge on any atom is 0.221 e. The zero-order valence-corrected chi connectivity index (χ0v) is 12.2. The molecule has 0 saturated carbocycles. The lowest BCUT2D eigenvalue weighted by molar-refractivity contribution is -0.121. The first kappa shape index (κ1) is 15.3. The molecular formula is C18H22N2O. The molecule has 0 spiro atoms. The Labute approximate surface area is 126 Å². The molecule has 0 fully saturated rings. The van der Waals surface area contributed by atoms with Gasteiger partial charge in [-0.05, 0) is 24.0 Å². The summed E-state index contributed by atoms with van der Waals surface area (Å²) in [7, 11) is 0. The van der Waals surface area contributed by atoms with Gasteiger partial charge in [0.2, 0.25) is 5.91 Å². The predicted molar refractivity (Wildman–Crippen MR) is 85.8 cm³/mol. The quantitative estimate of drug-likeness (QED) is 0.767. The van der Waals surface area contributed by atoms with Gasteiger partial charge in [0, 0.05) is 19.0 Å². The van der Waals surface area contributed by atoms with Crippen molar-refractivity contribution in [3.63, 3.8) is 0 Å². The van der Waals surface area contributed by atoms with E-state index in [2.05, 4.69) is 17.4 Å². The van der Waals surface area contributed by atoms with Crippen LogP contribution in [0.25, 0.3) is 0 Å². The summed E-state index contributed by atoms with van der Waals surface area (Å²) in [5, 5.41) is 2.93. The van der Waals surface area contributed by atoms with Crippen LogP contribution in [-0.4, -0.2) is 12.5 Å². The van der Waals surface area contributed by atoms with Crippen molar-refractivity contribution in [1.82, 2.24) is 5.32 Å². The third-order valence-corrected chi connectivity index (χ3v) is 3.44. The summed E-state index contributed by atoms with van der Waals surface area (Å²) in [6.45, 7) is 0.690. The number of carbonyl (C=O) groups excluding carboxylic acids is 1. The van der Waals surface area contributed by atoms with E-state index in [4.69, 9.17) is 5.73 Å². The molecule has 1 amide bonds. The van der Waals surface area contributed by atoms with Crippen molar-refractivity contribution < 1.29 is 4.79 Å². The molecule has 3 nitrogen and oxygen atoms in total. The summed E-state index contributed by atoms with van der Waals surface area (Å²) < 4.78 is 0. The Morgan fingerprint density at radius 2 is 1.62 bits per heavy atom. The molecule has 110 valence electrons. The Hall–Kier alpha value is -2.13. The SMILES string of the molecule is NC(CC(=O)NCCCc1ccccc1)c1ccccc1. The van der Waals surface area contributed by atoms with E-state index < -0.39 is 0 Å². The topological polar surface area (TPSA) is 55.1 Å². The number of carbonyl (C=O) groups is 1. The van der Waals surface area contributed by atoms with Crippen LogP contribution in [0.3, 0.4) is 0 Å². The number of nitrogens with one attached hydrogen (secondary N) is 1. The molecule has 0 radical (unpaired) electrons. The summed E-state index contributed by atoms with van der Waals surface area (Å²) >= 11 is 0. The molecule has 0 aliphatic rings. The second kappa shape index (κ2) is 8.22. The number of rotatable bonds is 7. The van der Waals surface area contributed by atoms with Crippen molar-refractivity contribution >= 4 is 5.91 Å². The van der Waals surface area contributed by atoms with Gasteiger partial charge < -0.3 is 11.1 Å². The Morgan fingerprint density at radius 3 is 2.29 bits per heavy atom. The molecular weight excluding hydrogens is 260 g/mol. The number of nitrogens with two attached hydrogens (primary N) is 1. The van der Waals surface area contributed by atoms with Gasteiger partial charge in [-0.2, -0.15) is 0 Å². The Balaban J connectivity index is 1.66. The molecule has 0 saturated heterocycles. The Bertz CT molecular complexity index is 540. The highest BCUT2D eigenvalue weighted by atomic mass is 16.1. The Kier molecular flexibility index (Phi) is 5.98. The van der Waals surface area contributed by atoms with Crippen LogP contribution in [0.15, 0.2) is 60.7 Å². The van der Waals surface area contributed by atoms with E-state index in [9.17, 15) is 4.79 Å². The fraction of sp³-hybridized carbons (Fsp3) is 0.278. The van der Waals surface area contributed by atoms with E-state index in [1.165, 1.54) is 5.56 Å². The van der Waals surface area contributed by atoms with E-state index in [-0.39, 0.29) is 11.9 Å². The largest absolute Gasteiger partial charge is 0.356 e. The third kappa shape index (κ3) is 5.40. The molecule has 0 bridgehead atoms. The lowest BCUT2D eigenvalue weighted by Gasteiger charge is -2.12. The van der Waals surface area contributed by atoms with Gasteiger partial charge >= 0.3 is 0 Å². The fourth-order valence-electron chi connectivity index (χ4n) is 2.25. The smallest absolute Gasteiger partial charge is 0.221 e. The van der Waals surface area contributed by atoms with Gasteiger partial charge in [0.1, 0.15) is 0 Å². The molecule has 2 aromatic carbocycles. The molecule has 21 heavy (non-hydrogen) atoms. The monoisotopic (exact) mass is 282 g/mol. The number of benzene rings is 2. The zero-order chi connectivity index (χ0) is 14.9. The van der Waals surface area contributed by atoms with Crippen molar-refractivity contribution in [3.8, 4) is 0 Å². The van der Waals surface area contributed by atoms with Crippen LogP contribution in [-0.2, 0) is 11.2 Å². The molecule has 0 aliphatic heterocycles. The molecule has 1 atom stereocenters. The van der Waals surface area contributed by atoms with Crippen molar-refractivity contribution in [3.05, 3.63) is 71.8 Å². The van der Waals surface area contributed by atoms with E-state index in [0.717, 1.165) is 18.4 Å². The second-order valence-corrected chi connectivity index (χ2v) is 5.16. The van der Waals surface area contributed by atoms with Crippen LogP contribution < -0.4 is 11.1 Å². The van der Waals surface area contributed by atoms with Gasteiger partial charge in [0.15, 0.2) is 0 Å². The second-order valence-electron chi connectivity index (χ2n) is 5.16. The van der Waals surface area contributed by atoms with Crippen molar-refractivity contribution in [2.45, 2.75) is 25.3 Å². The molecule has 0 heterocycles.